The van der Waals surface area contributed by atoms with Gasteiger partial charge in [-0.25, -0.2) is 4.39 Å². The van der Waals surface area contributed by atoms with Crippen LogP contribution >= 0.6 is 15.9 Å². The molecule has 1 atom stereocenters. The zero-order chi connectivity index (χ0) is 13.8. The Morgan fingerprint density at radius 2 is 2.37 bits per heavy atom. The van der Waals surface area contributed by atoms with Crippen molar-refractivity contribution in [1.82, 2.24) is 4.90 Å². The van der Waals surface area contributed by atoms with Crippen LogP contribution in [0.4, 0.5) is 10.1 Å². The van der Waals surface area contributed by atoms with Gasteiger partial charge in [-0.3, -0.25) is 0 Å². The number of anilines is 1. The van der Waals surface area contributed by atoms with Gasteiger partial charge < -0.3 is 10.2 Å². The van der Waals surface area contributed by atoms with Crippen LogP contribution in [0.3, 0.4) is 0 Å². The minimum Gasteiger partial charge on any atom is -0.382 e. The molecular weight excluding hydrogens is 309 g/mol. The third-order valence-electron chi connectivity index (χ3n) is 3.60. The Bertz CT molecular complexity index is 498. The summed E-state index contributed by atoms with van der Waals surface area (Å²) < 4.78 is 14.2. The monoisotopic (exact) mass is 325 g/mol. The van der Waals surface area contributed by atoms with Crippen molar-refractivity contribution in [2.45, 2.75) is 13.3 Å². The normalized spacial score (nSPS) is 19.4. The van der Waals surface area contributed by atoms with Crippen molar-refractivity contribution in [2.75, 3.05) is 31.5 Å². The zero-order valence-corrected chi connectivity index (χ0v) is 12.5. The highest BCUT2D eigenvalue weighted by Gasteiger charge is 2.21. The molecule has 1 aromatic carbocycles. The molecule has 1 N–H and O–H groups in total. The maximum atomic E-state index is 14.0. The number of rotatable bonds is 4. The van der Waals surface area contributed by atoms with Gasteiger partial charge in [0.1, 0.15) is 6.07 Å². The lowest BCUT2D eigenvalue weighted by Gasteiger charge is -2.15. The summed E-state index contributed by atoms with van der Waals surface area (Å²) in [5, 5.41) is 12.0. The molecule has 0 spiro atoms. The molecule has 0 radical (unpaired) electrons. The molecule has 0 aliphatic carbocycles. The molecule has 1 saturated heterocycles. The van der Waals surface area contributed by atoms with Crippen LogP contribution < -0.4 is 5.32 Å². The first-order chi connectivity index (χ1) is 9.15. The van der Waals surface area contributed by atoms with Crippen molar-refractivity contribution in [1.29, 1.82) is 5.26 Å². The quantitative estimate of drug-likeness (QED) is 0.923. The van der Waals surface area contributed by atoms with Crippen molar-refractivity contribution in [3.8, 4) is 6.07 Å². The molecule has 1 aliphatic rings. The minimum atomic E-state index is -0.385. The molecule has 0 bridgehead atoms. The van der Waals surface area contributed by atoms with Crippen molar-refractivity contribution < 1.29 is 4.39 Å². The fraction of sp³-hybridized carbons (Fsp3) is 0.500. The van der Waals surface area contributed by atoms with Gasteiger partial charge in [-0.2, -0.15) is 5.26 Å². The smallest absolute Gasteiger partial charge is 0.161 e. The van der Waals surface area contributed by atoms with Gasteiger partial charge in [0.25, 0.3) is 0 Å². The number of nitriles is 1. The SMILES string of the molecule is CCN1CCC(CNc2ccc(C#N)c(Br)c2F)C1. The second kappa shape index (κ2) is 6.36. The van der Waals surface area contributed by atoms with E-state index in [0.717, 1.165) is 32.6 Å². The Morgan fingerprint density at radius 3 is 3.00 bits per heavy atom. The molecule has 1 unspecified atom stereocenters. The van der Waals surface area contributed by atoms with E-state index < -0.39 is 0 Å². The van der Waals surface area contributed by atoms with Gasteiger partial charge in [0.05, 0.1) is 15.7 Å². The highest BCUT2D eigenvalue weighted by Crippen LogP contribution is 2.27. The lowest BCUT2D eigenvalue weighted by atomic mass is 10.1. The van der Waals surface area contributed by atoms with Gasteiger partial charge in [-0.15, -0.1) is 0 Å². The molecule has 5 heteroatoms. The van der Waals surface area contributed by atoms with Crippen LogP contribution in [-0.4, -0.2) is 31.1 Å². The van der Waals surface area contributed by atoms with E-state index >= 15 is 0 Å². The van der Waals surface area contributed by atoms with Gasteiger partial charge in [0.2, 0.25) is 0 Å². The number of benzene rings is 1. The van der Waals surface area contributed by atoms with Crippen molar-refractivity contribution in [3.63, 3.8) is 0 Å². The maximum Gasteiger partial charge on any atom is 0.161 e. The van der Waals surface area contributed by atoms with Crippen LogP contribution in [0, 0.1) is 23.1 Å². The van der Waals surface area contributed by atoms with E-state index in [4.69, 9.17) is 5.26 Å². The van der Waals surface area contributed by atoms with E-state index in [9.17, 15) is 4.39 Å². The van der Waals surface area contributed by atoms with Crippen LogP contribution in [0.15, 0.2) is 16.6 Å². The standard InChI is InChI=1S/C14H17BrFN3/c1-2-19-6-5-10(9-19)8-18-12-4-3-11(7-17)13(15)14(12)16/h3-4,10,18H,2,5-6,8-9H2,1H3. The third kappa shape index (κ3) is 3.26. The lowest BCUT2D eigenvalue weighted by Crippen LogP contribution is -2.22. The summed E-state index contributed by atoms with van der Waals surface area (Å²) in [6.45, 7) is 6.21. The summed E-state index contributed by atoms with van der Waals surface area (Å²) in [5.41, 5.74) is 0.780. The second-order valence-electron chi connectivity index (χ2n) is 4.83. The lowest BCUT2D eigenvalue weighted by molar-refractivity contribution is 0.345. The van der Waals surface area contributed by atoms with Crippen LogP contribution in [0.2, 0.25) is 0 Å². The molecule has 0 saturated carbocycles. The Labute approximate surface area is 121 Å². The van der Waals surface area contributed by atoms with Gasteiger partial charge in [0.15, 0.2) is 5.82 Å². The van der Waals surface area contributed by atoms with Crippen molar-refractivity contribution in [2.24, 2.45) is 5.92 Å². The van der Waals surface area contributed by atoms with E-state index in [0.29, 0.717) is 17.2 Å². The van der Waals surface area contributed by atoms with E-state index in [-0.39, 0.29) is 10.3 Å². The van der Waals surface area contributed by atoms with E-state index in [1.807, 2.05) is 6.07 Å². The molecule has 1 heterocycles. The Hall–Kier alpha value is -1.12. The average molecular weight is 326 g/mol. The number of nitrogens with one attached hydrogen (secondary N) is 1. The van der Waals surface area contributed by atoms with Gasteiger partial charge in [-0.05, 0) is 53.5 Å². The summed E-state index contributed by atoms with van der Waals surface area (Å²) in [4.78, 5) is 2.40. The number of likely N-dealkylation sites (tertiary alicyclic amines) is 1. The Balaban J connectivity index is 1.97. The third-order valence-corrected chi connectivity index (χ3v) is 4.38. The number of nitrogens with zero attached hydrogens (tertiary/aromatic N) is 2. The molecule has 1 aliphatic heterocycles. The second-order valence-corrected chi connectivity index (χ2v) is 5.62. The zero-order valence-electron chi connectivity index (χ0n) is 10.9. The Morgan fingerprint density at radius 1 is 1.58 bits per heavy atom. The van der Waals surface area contributed by atoms with E-state index in [2.05, 4.69) is 33.1 Å². The number of hydrogen-bond acceptors (Lipinski definition) is 3. The Kier molecular flexibility index (Phi) is 4.78. The molecule has 1 aromatic rings. The molecule has 102 valence electrons. The van der Waals surface area contributed by atoms with Gasteiger partial charge in [-0.1, -0.05) is 6.92 Å². The fourth-order valence-corrected chi connectivity index (χ4v) is 2.83. The predicted molar refractivity (Wildman–Crippen MR) is 77.5 cm³/mol. The van der Waals surface area contributed by atoms with Crippen molar-refractivity contribution >= 4 is 21.6 Å². The molecular formula is C14H17BrFN3. The van der Waals surface area contributed by atoms with Crippen LogP contribution in [0.1, 0.15) is 18.9 Å². The highest BCUT2D eigenvalue weighted by molar-refractivity contribution is 9.10. The van der Waals surface area contributed by atoms with Gasteiger partial charge in [0, 0.05) is 13.1 Å². The highest BCUT2D eigenvalue weighted by atomic mass is 79.9. The molecule has 2 rings (SSSR count). The molecule has 1 fully saturated rings. The number of hydrogen-bond donors (Lipinski definition) is 1. The minimum absolute atomic E-state index is 0.238. The first kappa shape index (κ1) is 14.3. The largest absolute Gasteiger partial charge is 0.382 e. The molecule has 3 nitrogen and oxygen atoms in total. The average Bonchev–Trinajstić information content (AvgIpc) is 2.88. The van der Waals surface area contributed by atoms with Gasteiger partial charge >= 0.3 is 0 Å². The van der Waals surface area contributed by atoms with E-state index in [1.165, 1.54) is 0 Å². The molecule has 0 aromatic heterocycles. The molecule has 19 heavy (non-hydrogen) atoms. The summed E-state index contributed by atoms with van der Waals surface area (Å²) in [6.07, 6.45) is 1.15. The molecule has 0 amide bonds. The van der Waals surface area contributed by atoms with E-state index in [1.54, 1.807) is 12.1 Å². The number of halogens is 2. The van der Waals surface area contributed by atoms with Crippen LogP contribution in [0.25, 0.3) is 0 Å². The van der Waals surface area contributed by atoms with Crippen LogP contribution in [0.5, 0.6) is 0 Å². The maximum absolute atomic E-state index is 14.0. The summed E-state index contributed by atoms with van der Waals surface area (Å²) in [7, 11) is 0. The van der Waals surface area contributed by atoms with Crippen LogP contribution in [-0.2, 0) is 0 Å². The first-order valence-electron chi connectivity index (χ1n) is 6.50. The summed E-state index contributed by atoms with van der Waals surface area (Å²) in [5.74, 6) is 0.179. The first-order valence-corrected chi connectivity index (χ1v) is 7.29. The fourth-order valence-electron chi connectivity index (χ4n) is 2.39. The van der Waals surface area contributed by atoms with Crippen molar-refractivity contribution in [3.05, 3.63) is 28.0 Å². The summed E-state index contributed by atoms with van der Waals surface area (Å²) in [6, 6.07) is 5.21. The predicted octanol–water partition coefficient (Wildman–Crippen LogP) is 3.21. The topological polar surface area (TPSA) is 39.1 Å². The summed E-state index contributed by atoms with van der Waals surface area (Å²) >= 11 is 3.12.